The third-order valence-electron chi connectivity index (χ3n) is 5.28. The summed E-state index contributed by atoms with van der Waals surface area (Å²) in [4.78, 5) is 15.3. The molecule has 136 valence electrons. The summed E-state index contributed by atoms with van der Waals surface area (Å²) in [5, 5.41) is 0.630. The summed E-state index contributed by atoms with van der Waals surface area (Å²) in [5.74, 6) is -0.421. The van der Waals surface area contributed by atoms with Gasteiger partial charge in [-0.25, -0.2) is 8.42 Å². The first-order valence-electron chi connectivity index (χ1n) is 8.86. The molecule has 1 heterocycles. The molecule has 0 bridgehead atoms. The van der Waals surface area contributed by atoms with E-state index in [4.69, 9.17) is 0 Å². The Morgan fingerprint density at radius 3 is 2.64 bits per heavy atom. The average Bonchev–Trinajstić information content (AvgIpc) is 2.95. The molecule has 1 aromatic heterocycles. The summed E-state index contributed by atoms with van der Waals surface area (Å²) >= 11 is 0. The standard InChI is InChI=1S/C19H26N2O3S/c1-19(2)11-9-15(10-12-19)25(23,24)21-18(22)8-7-14-13-20-17-6-4-3-5-16(14)17/h3-6,13,15,20H,7-12H2,1-2H3,(H,21,22). The van der Waals surface area contributed by atoms with Crippen LogP contribution >= 0.6 is 0 Å². The number of fused-ring (bicyclic) bond motifs is 1. The number of aromatic nitrogens is 1. The number of H-pyrrole nitrogens is 1. The van der Waals surface area contributed by atoms with Gasteiger partial charge >= 0.3 is 0 Å². The average molecular weight is 362 g/mol. The smallest absolute Gasteiger partial charge is 0.237 e. The number of carbonyl (C=O) groups excluding carboxylic acids is 1. The van der Waals surface area contributed by atoms with Gasteiger partial charge < -0.3 is 4.98 Å². The van der Waals surface area contributed by atoms with Gasteiger partial charge in [-0.05, 0) is 49.1 Å². The monoisotopic (exact) mass is 362 g/mol. The molecule has 2 N–H and O–H groups in total. The molecule has 1 fully saturated rings. The number of aromatic amines is 1. The van der Waals surface area contributed by atoms with Crippen molar-refractivity contribution < 1.29 is 13.2 Å². The normalized spacial score (nSPS) is 18.3. The fraction of sp³-hybridized carbons (Fsp3) is 0.526. The number of benzene rings is 1. The summed E-state index contributed by atoms with van der Waals surface area (Å²) in [5.41, 5.74) is 2.25. The van der Waals surface area contributed by atoms with Crippen LogP contribution in [0.25, 0.3) is 10.9 Å². The van der Waals surface area contributed by atoms with Crippen molar-refractivity contribution in [3.05, 3.63) is 36.0 Å². The Bertz CT molecular complexity index is 858. The highest BCUT2D eigenvalue weighted by Gasteiger charge is 2.34. The zero-order valence-corrected chi connectivity index (χ0v) is 15.7. The fourth-order valence-corrected chi connectivity index (χ4v) is 5.01. The van der Waals surface area contributed by atoms with E-state index < -0.39 is 21.2 Å². The quantitative estimate of drug-likeness (QED) is 0.854. The number of nitrogens with one attached hydrogen (secondary N) is 2. The second-order valence-corrected chi connectivity index (χ2v) is 9.75. The van der Waals surface area contributed by atoms with Gasteiger partial charge in [-0.2, -0.15) is 0 Å². The van der Waals surface area contributed by atoms with E-state index in [9.17, 15) is 13.2 Å². The highest BCUT2D eigenvalue weighted by Crippen LogP contribution is 2.37. The van der Waals surface area contributed by atoms with Gasteiger partial charge in [0, 0.05) is 23.5 Å². The maximum absolute atomic E-state index is 12.4. The lowest BCUT2D eigenvalue weighted by Crippen LogP contribution is -2.41. The summed E-state index contributed by atoms with van der Waals surface area (Å²) in [7, 11) is -3.57. The number of hydrogen-bond donors (Lipinski definition) is 2. The van der Waals surface area contributed by atoms with Crippen LogP contribution in [0.5, 0.6) is 0 Å². The number of sulfonamides is 1. The van der Waals surface area contributed by atoms with Crippen molar-refractivity contribution in [3.63, 3.8) is 0 Å². The first-order chi connectivity index (χ1) is 11.8. The van der Waals surface area contributed by atoms with Gasteiger partial charge in [-0.15, -0.1) is 0 Å². The van der Waals surface area contributed by atoms with Crippen LogP contribution in [0.2, 0.25) is 0 Å². The number of amides is 1. The number of rotatable bonds is 5. The van der Waals surface area contributed by atoms with Crippen LogP contribution in [-0.2, 0) is 21.2 Å². The van der Waals surface area contributed by atoms with Crippen molar-refractivity contribution in [3.8, 4) is 0 Å². The summed E-state index contributed by atoms with van der Waals surface area (Å²) in [6.07, 6.45) is 5.57. The van der Waals surface area contributed by atoms with E-state index in [0.717, 1.165) is 29.3 Å². The Balaban J connectivity index is 1.57. The van der Waals surface area contributed by atoms with Crippen molar-refractivity contribution in [1.82, 2.24) is 9.71 Å². The van der Waals surface area contributed by atoms with E-state index in [-0.39, 0.29) is 11.8 Å². The molecule has 3 rings (SSSR count). The van der Waals surface area contributed by atoms with Crippen LogP contribution in [0.4, 0.5) is 0 Å². The Kier molecular flexibility index (Phi) is 4.91. The first-order valence-corrected chi connectivity index (χ1v) is 10.4. The molecular weight excluding hydrogens is 336 g/mol. The lowest BCUT2D eigenvalue weighted by Gasteiger charge is -2.33. The minimum atomic E-state index is -3.57. The van der Waals surface area contributed by atoms with Crippen LogP contribution in [0.1, 0.15) is 51.5 Å². The molecule has 6 heteroatoms. The van der Waals surface area contributed by atoms with E-state index in [0.29, 0.717) is 19.3 Å². The SMILES string of the molecule is CC1(C)CCC(S(=O)(=O)NC(=O)CCc2c[nH]c3ccccc23)CC1. The lowest BCUT2D eigenvalue weighted by atomic mass is 9.77. The number of aryl methyl sites for hydroxylation is 1. The molecule has 0 aliphatic heterocycles. The molecule has 0 saturated heterocycles. The Hall–Kier alpha value is -1.82. The van der Waals surface area contributed by atoms with Crippen molar-refractivity contribution in [2.24, 2.45) is 5.41 Å². The van der Waals surface area contributed by atoms with Gasteiger partial charge in [0.15, 0.2) is 0 Å². The minimum absolute atomic E-state index is 0.166. The molecular formula is C19H26N2O3S. The number of carbonyl (C=O) groups is 1. The molecule has 1 aliphatic carbocycles. The van der Waals surface area contributed by atoms with Gasteiger partial charge in [0.05, 0.1) is 5.25 Å². The second kappa shape index (κ2) is 6.83. The third-order valence-corrected chi connectivity index (χ3v) is 7.14. The molecule has 2 aromatic rings. The van der Waals surface area contributed by atoms with Gasteiger partial charge in [0.2, 0.25) is 15.9 Å². The minimum Gasteiger partial charge on any atom is -0.361 e. The maximum Gasteiger partial charge on any atom is 0.237 e. The van der Waals surface area contributed by atoms with E-state index in [1.54, 1.807) is 0 Å². The lowest BCUT2D eigenvalue weighted by molar-refractivity contribution is -0.119. The zero-order valence-electron chi connectivity index (χ0n) is 14.8. The van der Waals surface area contributed by atoms with Crippen molar-refractivity contribution in [1.29, 1.82) is 0 Å². The van der Waals surface area contributed by atoms with Crippen molar-refractivity contribution in [2.45, 2.75) is 57.6 Å². The predicted octanol–water partition coefficient (Wildman–Crippen LogP) is 3.52. The summed E-state index contributed by atoms with van der Waals surface area (Å²) in [6.45, 7) is 4.32. The molecule has 1 aliphatic rings. The molecule has 25 heavy (non-hydrogen) atoms. The van der Waals surface area contributed by atoms with E-state index >= 15 is 0 Å². The highest BCUT2D eigenvalue weighted by molar-refractivity contribution is 7.90. The maximum atomic E-state index is 12.4. The molecule has 0 spiro atoms. The largest absolute Gasteiger partial charge is 0.361 e. The number of para-hydroxylation sites is 1. The molecule has 5 nitrogen and oxygen atoms in total. The van der Waals surface area contributed by atoms with E-state index in [1.807, 2.05) is 30.5 Å². The van der Waals surface area contributed by atoms with Crippen LogP contribution in [0.3, 0.4) is 0 Å². The second-order valence-electron chi connectivity index (χ2n) is 7.79. The van der Waals surface area contributed by atoms with E-state index in [1.165, 1.54) is 0 Å². The Morgan fingerprint density at radius 1 is 1.24 bits per heavy atom. The van der Waals surface area contributed by atoms with Crippen LogP contribution in [-0.4, -0.2) is 24.6 Å². The topological polar surface area (TPSA) is 79.0 Å². The number of hydrogen-bond acceptors (Lipinski definition) is 3. The molecule has 0 atom stereocenters. The van der Waals surface area contributed by atoms with Gasteiger partial charge in [0.25, 0.3) is 0 Å². The Labute approximate surface area is 149 Å². The van der Waals surface area contributed by atoms with Crippen molar-refractivity contribution >= 4 is 26.8 Å². The van der Waals surface area contributed by atoms with Crippen molar-refractivity contribution in [2.75, 3.05) is 0 Å². The van der Waals surface area contributed by atoms with Crippen LogP contribution < -0.4 is 4.72 Å². The first kappa shape index (κ1) is 18.0. The summed E-state index contributed by atoms with van der Waals surface area (Å²) < 4.78 is 27.2. The highest BCUT2D eigenvalue weighted by atomic mass is 32.2. The molecule has 1 amide bonds. The van der Waals surface area contributed by atoms with Crippen LogP contribution in [0, 0.1) is 5.41 Å². The van der Waals surface area contributed by atoms with Gasteiger partial charge in [0.1, 0.15) is 0 Å². The van der Waals surface area contributed by atoms with Crippen LogP contribution in [0.15, 0.2) is 30.5 Å². The fourth-order valence-electron chi connectivity index (χ4n) is 3.56. The molecule has 1 aromatic carbocycles. The zero-order chi connectivity index (χ0) is 18.1. The van der Waals surface area contributed by atoms with Gasteiger partial charge in [-0.1, -0.05) is 32.0 Å². The molecule has 0 unspecified atom stereocenters. The predicted molar refractivity (Wildman–Crippen MR) is 99.7 cm³/mol. The summed E-state index contributed by atoms with van der Waals surface area (Å²) in [6, 6.07) is 7.88. The molecule has 0 radical (unpaired) electrons. The van der Waals surface area contributed by atoms with E-state index in [2.05, 4.69) is 23.6 Å². The Morgan fingerprint density at radius 2 is 1.92 bits per heavy atom. The third kappa shape index (κ3) is 4.24. The molecule has 1 saturated carbocycles. The van der Waals surface area contributed by atoms with Gasteiger partial charge in [-0.3, -0.25) is 9.52 Å².